The molecule has 146 valence electrons. The number of carbonyl (C=O) groups is 2. The first-order chi connectivity index (χ1) is 11.5. The fourth-order valence-electron chi connectivity index (χ4n) is 2.49. The summed E-state index contributed by atoms with van der Waals surface area (Å²) in [7, 11) is 0. The van der Waals surface area contributed by atoms with Crippen molar-refractivity contribution in [2.24, 2.45) is 0 Å². The van der Waals surface area contributed by atoms with Crippen molar-refractivity contribution in [3.63, 3.8) is 0 Å². The van der Waals surface area contributed by atoms with Crippen molar-refractivity contribution in [3.05, 3.63) is 0 Å². The number of aliphatic hydroxyl groups is 5. The fourth-order valence-corrected chi connectivity index (χ4v) is 2.49. The molecule has 1 aliphatic heterocycles. The topological polar surface area (TPSA) is 186 Å². The summed E-state index contributed by atoms with van der Waals surface area (Å²) in [5, 5.41) is 60.7. The van der Waals surface area contributed by atoms with Gasteiger partial charge in [-0.3, -0.25) is 4.79 Å². The number of carboxylic acid groups (broad SMARTS) is 1. The van der Waals surface area contributed by atoms with Gasteiger partial charge >= 0.3 is 5.97 Å². The van der Waals surface area contributed by atoms with E-state index in [4.69, 9.17) is 19.7 Å². The summed E-state index contributed by atoms with van der Waals surface area (Å²) in [5.74, 6) is -5.17. The van der Waals surface area contributed by atoms with Crippen molar-refractivity contribution in [2.75, 3.05) is 13.2 Å². The first-order valence-electron chi connectivity index (χ1n) is 7.68. The Bertz CT molecular complexity index is 473. The highest BCUT2D eigenvalue weighted by Gasteiger charge is 2.53. The predicted molar refractivity (Wildman–Crippen MR) is 80.2 cm³/mol. The number of ether oxygens (including phenoxy) is 2. The van der Waals surface area contributed by atoms with Crippen LogP contribution in [0.25, 0.3) is 0 Å². The van der Waals surface area contributed by atoms with Crippen LogP contribution < -0.4 is 5.32 Å². The minimum atomic E-state index is -2.79. The number of nitrogens with one attached hydrogen (secondary N) is 1. The minimum Gasteiger partial charge on any atom is -0.477 e. The van der Waals surface area contributed by atoms with Crippen LogP contribution in [0.3, 0.4) is 0 Å². The van der Waals surface area contributed by atoms with Crippen molar-refractivity contribution in [3.8, 4) is 0 Å². The van der Waals surface area contributed by atoms with Gasteiger partial charge in [-0.25, -0.2) is 4.79 Å². The number of carbonyl (C=O) groups excluding carboxylic acids is 1. The van der Waals surface area contributed by atoms with Crippen molar-refractivity contribution < 1.29 is 49.7 Å². The van der Waals surface area contributed by atoms with Crippen molar-refractivity contribution >= 4 is 11.9 Å². The van der Waals surface area contributed by atoms with E-state index in [1.54, 1.807) is 0 Å². The molecule has 1 fully saturated rings. The Morgan fingerprint density at radius 2 is 1.92 bits per heavy atom. The molecule has 0 spiro atoms. The lowest BCUT2D eigenvalue weighted by molar-refractivity contribution is -0.295. The van der Waals surface area contributed by atoms with Crippen LogP contribution in [0.4, 0.5) is 0 Å². The lowest BCUT2D eigenvalue weighted by atomic mass is 9.88. The maximum atomic E-state index is 11.3. The van der Waals surface area contributed by atoms with Gasteiger partial charge in [0.05, 0.1) is 31.5 Å². The Hall–Kier alpha value is -1.34. The van der Waals surface area contributed by atoms with E-state index < -0.39 is 67.3 Å². The zero-order chi connectivity index (χ0) is 19.4. The zero-order valence-corrected chi connectivity index (χ0v) is 13.9. The summed E-state index contributed by atoms with van der Waals surface area (Å²) in [6, 6.07) is -1.27. The van der Waals surface area contributed by atoms with Crippen LogP contribution in [0, 0.1) is 0 Å². The number of carboxylic acids is 1. The van der Waals surface area contributed by atoms with E-state index in [1.807, 2.05) is 0 Å². The summed E-state index contributed by atoms with van der Waals surface area (Å²) in [6.07, 6.45) is -8.12. The van der Waals surface area contributed by atoms with Crippen molar-refractivity contribution in [1.82, 2.24) is 5.32 Å². The van der Waals surface area contributed by atoms with Gasteiger partial charge in [-0.05, 0) is 6.92 Å². The third kappa shape index (κ3) is 5.85. The predicted octanol–water partition coefficient (Wildman–Crippen LogP) is -3.47. The average molecular weight is 367 g/mol. The second kappa shape index (κ2) is 8.85. The molecule has 1 heterocycles. The molecule has 7 atom stereocenters. The van der Waals surface area contributed by atoms with Gasteiger partial charge in [0.2, 0.25) is 5.91 Å². The van der Waals surface area contributed by atoms with Crippen LogP contribution in [0.1, 0.15) is 20.3 Å². The largest absolute Gasteiger partial charge is 0.477 e. The number of aliphatic carboxylic acids is 1. The molecule has 0 radical (unpaired) electrons. The molecule has 0 aliphatic carbocycles. The number of amides is 1. The lowest BCUT2D eigenvalue weighted by Crippen LogP contribution is -2.67. The van der Waals surface area contributed by atoms with Crippen LogP contribution in [0.5, 0.6) is 0 Å². The van der Waals surface area contributed by atoms with E-state index >= 15 is 0 Å². The van der Waals surface area contributed by atoms with Gasteiger partial charge in [-0.1, -0.05) is 0 Å². The molecule has 0 saturated carbocycles. The minimum absolute atomic E-state index is 0.119. The van der Waals surface area contributed by atoms with Gasteiger partial charge in [0, 0.05) is 13.3 Å². The molecule has 4 unspecified atom stereocenters. The highest BCUT2D eigenvalue weighted by atomic mass is 16.7. The molecular weight excluding hydrogens is 342 g/mol. The molecule has 7 N–H and O–H groups in total. The fraction of sp³-hybridized carbons (Fsp3) is 0.857. The molecule has 11 nitrogen and oxygen atoms in total. The summed E-state index contributed by atoms with van der Waals surface area (Å²) < 4.78 is 9.96. The molecule has 1 saturated heterocycles. The van der Waals surface area contributed by atoms with Gasteiger partial charge in [0.25, 0.3) is 5.79 Å². The second-order valence-corrected chi connectivity index (χ2v) is 6.11. The number of rotatable bonds is 8. The molecule has 1 aliphatic rings. The Morgan fingerprint density at radius 3 is 2.40 bits per heavy atom. The van der Waals surface area contributed by atoms with Gasteiger partial charge in [0.1, 0.15) is 18.3 Å². The van der Waals surface area contributed by atoms with Crippen LogP contribution in [0.15, 0.2) is 0 Å². The maximum Gasteiger partial charge on any atom is 0.364 e. The maximum absolute atomic E-state index is 11.3. The highest BCUT2D eigenvalue weighted by molar-refractivity contribution is 5.76. The van der Waals surface area contributed by atoms with E-state index in [1.165, 1.54) is 6.92 Å². The monoisotopic (exact) mass is 367 g/mol. The molecular formula is C14H25NO10. The van der Waals surface area contributed by atoms with Crippen LogP contribution in [0.2, 0.25) is 0 Å². The summed E-state index contributed by atoms with van der Waals surface area (Å²) in [5.41, 5.74) is 0. The number of aliphatic hydroxyl groups excluding tert-OH is 4. The molecule has 0 aromatic carbocycles. The normalized spacial score (nSPS) is 33.3. The molecule has 1 rings (SSSR count). The first-order valence-corrected chi connectivity index (χ1v) is 7.68. The van der Waals surface area contributed by atoms with Crippen LogP contribution >= 0.6 is 0 Å². The Labute approximate surface area is 143 Å². The van der Waals surface area contributed by atoms with E-state index in [9.17, 15) is 30.0 Å². The third-order valence-electron chi connectivity index (χ3n) is 3.67. The standard InChI is InChI=1S/C14H25NO10/c1-6(16)4-24-5-9(19)11(20)12-10(15-7(2)17)8(18)3-14(23,25-12)13(21)22/h6,8-12,16,18-20,23H,3-5H2,1-2H3,(H,15,17)(H,21,22)/t6?,8-,9?,10+,11?,12+,14?/m0/s1. The Balaban J connectivity index is 2.92. The summed E-state index contributed by atoms with van der Waals surface area (Å²) in [4.78, 5) is 22.5. The third-order valence-corrected chi connectivity index (χ3v) is 3.67. The van der Waals surface area contributed by atoms with Crippen LogP contribution in [-0.4, -0.2) is 98.1 Å². The Morgan fingerprint density at radius 1 is 1.32 bits per heavy atom. The van der Waals surface area contributed by atoms with E-state index in [2.05, 4.69) is 5.32 Å². The van der Waals surface area contributed by atoms with Gasteiger partial charge in [-0.15, -0.1) is 0 Å². The van der Waals surface area contributed by atoms with E-state index in [0.29, 0.717) is 0 Å². The second-order valence-electron chi connectivity index (χ2n) is 6.11. The Kier molecular flexibility index (Phi) is 7.68. The van der Waals surface area contributed by atoms with Gasteiger partial charge in [-0.2, -0.15) is 0 Å². The van der Waals surface area contributed by atoms with Crippen molar-refractivity contribution in [1.29, 1.82) is 0 Å². The number of hydrogen-bond acceptors (Lipinski definition) is 9. The van der Waals surface area contributed by atoms with E-state index in [0.717, 1.165) is 6.92 Å². The first kappa shape index (κ1) is 21.7. The summed E-state index contributed by atoms with van der Waals surface area (Å²) in [6.45, 7) is 2.03. The van der Waals surface area contributed by atoms with Gasteiger partial charge in [0.15, 0.2) is 0 Å². The quantitative estimate of drug-likeness (QED) is 0.227. The summed E-state index contributed by atoms with van der Waals surface area (Å²) >= 11 is 0. The molecule has 0 bridgehead atoms. The lowest BCUT2D eigenvalue weighted by Gasteiger charge is -2.44. The smallest absolute Gasteiger partial charge is 0.364 e. The van der Waals surface area contributed by atoms with E-state index in [-0.39, 0.29) is 6.61 Å². The molecule has 0 aromatic heterocycles. The molecule has 0 aromatic rings. The molecule has 11 heteroatoms. The van der Waals surface area contributed by atoms with Gasteiger partial charge < -0.3 is 45.4 Å². The number of hydrogen-bond donors (Lipinski definition) is 7. The average Bonchev–Trinajstić information content (AvgIpc) is 2.48. The highest BCUT2D eigenvalue weighted by Crippen LogP contribution is 2.30. The SMILES string of the molecule is CC(=O)N[C@@H]1[C@@H](O)CC(O)(C(=O)O)O[C@H]1C(O)C(O)COCC(C)O. The molecule has 1 amide bonds. The molecule has 25 heavy (non-hydrogen) atoms. The van der Waals surface area contributed by atoms with Crippen LogP contribution in [-0.2, 0) is 19.1 Å². The van der Waals surface area contributed by atoms with Crippen molar-refractivity contribution in [2.45, 2.75) is 62.6 Å². The zero-order valence-electron chi connectivity index (χ0n) is 13.9.